The average Bonchev–Trinajstić information content (AvgIpc) is 3.04. The lowest BCUT2D eigenvalue weighted by Crippen LogP contribution is -2.38. The second kappa shape index (κ2) is 7.91. The maximum Gasteiger partial charge on any atom is 0.231 e. The second-order valence-corrected chi connectivity index (χ2v) is 7.78. The van der Waals surface area contributed by atoms with Gasteiger partial charge in [-0.15, -0.1) is 0 Å². The van der Waals surface area contributed by atoms with Crippen LogP contribution in [0.25, 0.3) is 0 Å². The number of rotatable bonds is 3. The molecule has 1 aliphatic carbocycles. The lowest BCUT2D eigenvalue weighted by molar-refractivity contribution is -0.132. The fourth-order valence-electron chi connectivity index (χ4n) is 3.10. The first-order chi connectivity index (χ1) is 11.1. The Morgan fingerprint density at radius 2 is 2.00 bits per heavy atom. The summed E-state index contributed by atoms with van der Waals surface area (Å²) in [7, 11) is 0. The molecule has 6 heteroatoms. The Balaban J connectivity index is 1.60. The summed E-state index contributed by atoms with van der Waals surface area (Å²) in [6.45, 7) is 1.43. The molecule has 0 N–H and O–H groups in total. The van der Waals surface area contributed by atoms with E-state index in [9.17, 15) is 4.79 Å². The van der Waals surface area contributed by atoms with Crippen molar-refractivity contribution in [3.63, 3.8) is 0 Å². The van der Waals surface area contributed by atoms with E-state index in [1.165, 1.54) is 19.3 Å². The van der Waals surface area contributed by atoms with Gasteiger partial charge in [-0.25, -0.2) is 0 Å². The lowest BCUT2D eigenvalue weighted by atomic mass is 9.88. The third kappa shape index (κ3) is 4.23. The molecule has 1 aliphatic heterocycles. The van der Waals surface area contributed by atoms with E-state index in [1.807, 2.05) is 17.0 Å². The number of hydrogen-bond acceptors (Lipinski definition) is 3. The van der Waals surface area contributed by atoms with Gasteiger partial charge in [-0.1, -0.05) is 60.3 Å². The van der Waals surface area contributed by atoms with E-state index in [0.29, 0.717) is 16.6 Å². The third-order valence-electron chi connectivity index (χ3n) is 4.37. The molecular weight excluding hydrogens is 351 g/mol. The maximum atomic E-state index is 12.7. The summed E-state index contributed by atoms with van der Waals surface area (Å²) >= 11 is 13.6. The average molecular weight is 371 g/mol. The number of amides is 1. The van der Waals surface area contributed by atoms with Crippen LogP contribution >= 0.6 is 35.0 Å². The number of thioether (sulfide) groups is 1. The van der Waals surface area contributed by atoms with Crippen LogP contribution in [0.1, 0.15) is 37.7 Å². The van der Waals surface area contributed by atoms with E-state index in [4.69, 9.17) is 23.2 Å². The van der Waals surface area contributed by atoms with Gasteiger partial charge < -0.3 is 0 Å². The molecule has 0 spiro atoms. The molecule has 1 aromatic carbocycles. The van der Waals surface area contributed by atoms with Crippen LogP contribution in [0, 0.1) is 5.92 Å². The minimum Gasteiger partial charge on any atom is -0.289 e. The van der Waals surface area contributed by atoms with Crippen molar-refractivity contribution in [2.24, 2.45) is 10.9 Å². The van der Waals surface area contributed by atoms with E-state index in [0.717, 1.165) is 35.9 Å². The van der Waals surface area contributed by atoms with Crippen LogP contribution in [0.2, 0.25) is 10.0 Å². The van der Waals surface area contributed by atoms with Crippen molar-refractivity contribution >= 4 is 46.0 Å². The van der Waals surface area contributed by atoms with Gasteiger partial charge in [0.05, 0.1) is 16.6 Å². The van der Waals surface area contributed by atoms with Crippen LogP contribution in [0.5, 0.6) is 0 Å². The van der Waals surface area contributed by atoms with E-state index in [1.54, 1.807) is 17.8 Å². The van der Waals surface area contributed by atoms with Crippen LogP contribution in [0.15, 0.2) is 23.2 Å². The quantitative estimate of drug-likeness (QED) is 0.749. The van der Waals surface area contributed by atoms with Gasteiger partial charge in [0.2, 0.25) is 5.91 Å². The minimum atomic E-state index is 0.192. The summed E-state index contributed by atoms with van der Waals surface area (Å²) in [6, 6.07) is 5.64. The highest BCUT2D eigenvalue weighted by molar-refractivity contribution is 8.13. The highest BCUT2D eigenvalue weighted by Crippen LogP contribution is 2.29. The number of hydrogen-bond donors (Lipinski definition) is 0. The normalized spacial score (nSPS) is 19.0. The summed E-state index contributed by atoms with van der Waals surface area (Å²) in [5.74, 6) is 1.20. The Kier molecular flexibility index (Phi) is 5.89. The number of carbonyl (C=O) groups excluding carboxylic acids is 1. The summed E-state index contributed by atoms with van der Waals surface area (Å²) in [5.41, 5.74) is 1.09. The molecule has 3 nitrogen and oxygen atoms in total. The summed E-state index contributed by atoms with van der Waals surface area (Å²) < 4.78 is 0. The molecule has 2 aliphatic rings. The third-order valence-corrected chi connectivity index (χ3v) is 6.20. The van der Waals surface area contributed by atoms with Gasteiger partial charge in [-0.3, -0.25) is 14.7 Å². The summed E-state index contributed by atoms with van der Waals surface area (Å²) in [6.07, 6.45) is 5.66. The lowest BCUT2D eigenvalue weighted by Gasteiger charge is -2.26. The first-order valence-electron chi connectivity index (χ1n) is 8.07. The first-order valence-corrected chi connectivity index (χ1v) is 9.82. The molecular formula is C17H20Cl2N2OS. The van der Waals surface area contributed by atoms with Crippen LogP contribution < -0.4 is 0 Å². The van der Waals surface area contributed by atoms with Crippen LogP contribution in [0.4, 0.5) is 0 Å². The zero-order valence-electron chi connectivity index (χ0n) is 12.9. The number of benzene rings is 1. The Labute approximate surface area is 151 Å². The van der Waals surface area contributed by atoms with E-state index in [2.05, 4.69) is 4.99 Å². The van der Waals surface area contributed by atoms with Crippen LogP contribution in [0.3, 0.4) is 0 Å². The van der Waals surface area contributed by atoms with Crippen molar-refractivity contribution in [1.29, 1.82) is 0 Å². The Bertz CT molecular complexity index is 615. The Hall–Kier alpha value is -0.710. The predicted molar refractivity (Wildman–Crippen MR) is 98.3 cm³/mol. The minimum absolute atomic E-state index is 0.192. The maximum absolute atomic E-state index is 12.7. The van der Waals surface area contributed by atoms with Gasteiger partial charge in [-0.2, -0.15) is 0 Å². The summed E-state index contributed by atoms with van der Waals surface area (Å²) in [4.78, 5) is 19.1. The predicted octanol–water partition coefficient (Wildman–Crippen LogP) is 5.01. The summed E-state index contributed by atoms with van der Waals surface area (Å²) in [5, 5.41) is 1.98. The molecule has 0 unspecified atom stereocenters. The Morgan fingerprint density at radius 3 is 2.74 bits per heavy atom. The number of nitrogens with zero attached hydrogens (tertiary/aromatic N) is 2. The molecule has 0 bridgehead atoms. The molecule has 1 amide bonds. The first kappa shape index (κ1) is 17.1. The fraction of sp³-hybridized carbons (Fsp3) is 0.529. The van der Waals surface area contributed by atoms with Gasteiger partial charge in [0, 0.05) is 18.2 Å². The smallest absolute Gasteiger partial charge is 0.231 e. The van der Waals surface area contributed by atoms with Crippen LogP contribution in [-0.2, 0) is 10.5 Å². The Morgan fingerprint density at radius 1 is 1.22 bits per heavy atom. The van der Waals surface area contributed by atoms with Crippen molar-refractivity contribution in [3.05, 3.63) is 33.8 Å². The number of aliphatic imine (C=N–C) groups is 1. The number of carbonyl (C=O) groups is 1. The molecule has 0 saturated heterocycles. The van der Waals surface area contributed by atoms with Gasteiger partial charge in [0.25, 0.3) is 0 Å². The topological polar surface area (TPSA) is 32.7 Å². The zero-order chi connectivity index (χ0) is 16.2. The molecule has 0 atom stereocenters. The molecule has 1 saturated carbocycles. The number of halogens is 2. The largest absolute Gasteiger partial charge is 0.289 e. The zero-order valence-corrected chi connectivity index (χ0v) is 15.3. The van der Waals surface area contributed by atoms with Gasteiger partial charge in [0.1, 0.15) is 0 Å². The molecule has 1 heterocycles. The molecule has 1 fully saturated rings. The number of amidine groups is 1. The van der Waals surface area contributed by atoms with Gasteiger partial charge in [-0.05, 0) is 30.5 Å². The fourth-order valence-corrected chi connectivity index (χ4v) is 4.42. The monoisotopic (exact) mass is 370 g/mol. The molecule has 23 heavy (non-hydrogen) atoms. The van der Waals surface area contributed by atoms with E-state index >= 15 is 0 Å². The van der Waals surface area contributed by atoms with E-state index < -0.39 is 0 Å². The standard InChI is InChI=1S/C17H20Cl2N2OS/c18-14-7-6-12(10-15(14)19)11-23-17-20-8-9-21(17)16(22)13-4-2-1-3-5-13/h6-7,10,13H,1-5,8-9,11H2. The van der Waals surface area contributed by atoms with Crippen molar-refractivity contribution in [2.45, 2.75) is 37.9 Å². The van der Waals surface area contributed by atoms with Gasteiger partial charge >= 0.3 is 0 Å². The molecule has 1 aromatic rings. The van der Waals surface area contributed by atoms with Crippen LogP contribution in [-0.4, -0.2) is 29.1 Å². The second-order valence-electron chi connectivity index (χ2n) is 6.03. The van der Waals surface area contributed by atoms with Crippen molar-refractivity contribution in [3.8, 4) is 0 Å². The highest BCUT2D eigenvalue weighted by atomic mass is 35.5. The molecule has 0 radical (unpaired) electrons. The van der Waals surface area contributed by atoms with Crippen molar-refractivity contribution in [1.82, 2.24) is 4.90 Å². The highest BCUT2D eigenvalue weighted by Gasteiger charge is 2.30. The van der Waals surface area contributed by atoms with Gasteiger partial charge in [0.15, 0.2) is 5.17 Å². The van der Waals surface area contributed by atoms with E-state index in [-0.39, 0.29) is 11.8 Å². The van der Waals surface area contributed by atoms with Crippen molar-refractivity contribution < 1.29 is 4.79 Å². The van der Waals surface area contributed by atoms with Crippen molar-refractivity contribution in [2.75, 3.05) is 13.1 Å². The molecule has 124 valence electrons. The molecule has 3 rings (SSSR count). The SMILES string of the molecule is O=C(C1CCCCC1)N1CCN=C1SCc1ccc(Cl)c(Cl)c1. The molecule has 0 aromatic heterocycles.